The first-order chi connectivity index (χ1) is 19.3. The van der Waals surface area contributed by atoms with Gasteiger partial charge in [-0.05, 0) is 62.3 Å². The van der Waals surface area contributed by atoms with Crippen molar-refractivity contribution in [1.82, 2.24) is 19.7 Å². The third-order valence-electron chi connectivity index (χ3n) is 7.92. The van der Waals surface area contributed by atoms with Crippen molar-refractivity contribution in [3.8, 4) is 0 Å². The fourth-order valence-electron chi connectivity index (χ4n) is 5.54. The summed E-state index contributed by atoms with van der Waals surface area (Å²) in [5.41, 5.74) is 5.26. The van der Waals surface area contributed by atoms with Crippen LogP contribution in [0, 0.1) is 19.8 Å². The molecule has 0 bridgehead atoms. The van der Waals surface area contributed by atoms with E-state index >= 15 is 0 Å². The van der Waals surface area contributed by atoms with E-state index in [4.69, 9.17) is 4.52 Å². The van der Waals surface area contributed by atoms with Crippen LogP contribution in [0.4, 0.5) is 0 Å². The molecule has 2 aliphatic heterocycles. The van der Waals surface area contributed by atoms with E-state index in [0.717, 1.165) is 43.6 Å². The van der Waals surface area contributed by atoms with Crippen LogP contribution in [0.2, 0.25) is 0 Å². The minimum absolute atomic E-state index is 0.0175. The van der Waals surface area contributed by atoms with Crippen LogP contribution in [0.5, 0.6) is 0 Å². The summed E-state index contributed by atoms with van der Waals surface area (Å²) in [6.45, 7) is 7.83. The average Bonchev–Trinajstić information content (AvgIpc) is 3.35. The summed E-state index contributed by atoms with van der Waals surface area (Å²) in [5.74, 6) is 0.0526. The molecule has 9 heteroatoms. The van der Waals surface area contributed by atoms with Crippen molar-refractivity contribution in [2.75, 3.05) is 32.7 Å². The summed E-state index contributed by atoms with van der Waals surface area (Å²) in [6, 6.07) is 16.5. The van der Waals surface area contributed by atoms with Gasteiger partial charge in [-0.2, -0.15) is 4.31 Å². The van der Waals surface area contributed by atoms with Gasteiger partial charge in [-0.1, -0.05) is 65.3 Å². The number of aromatic nitrogens is 1. The van der Waals surface area contributed by atoms with Crippen molar-refractivity contribution < 1.29 is 17.7 Å². The number of carbonyl (C=O) groups is 1. The zero-order chi connectivity index (χ0) is 28.1. The Morgan fingerprint density at radius 2 is 1.75 bits per heavy atom. The van der Waals surface area contributed by atoms with Gasteiger partial charge in [-0.15, -0.1) is 0 Å². The van der Waals surface area contributed by atoms with Gasteiger partial charge in [-0.25, -0.2) is 8.42 Å². The summed E-state index contributed by atoms with van der Waals surface area (Å²) in [6.07, 6.45) is 6.43. The van der Waals surface area contributed by atoms with E-state index in [1.807, 2.05) is 37.3 Å². The van der Waals surface area contributed by atoms with E-state index in [9.17, 15) is 13.2 Å². The number of benzene rings is 2. The lowest BCUT2D eigenvalue weighted by Crippen LogP contribution is -2.43. The van der Waals surface area contributed by atoms with Gasteiger partial charge in [0.15, 0.2) is 10.7 Å². The average molecular weight is 563 g/mol. The number of carbonyl (C=O) groups excluding carboxylic acids is 1. The van der Waals surface area contributed by atoms with Crippen molar-refractivity contribution in [2.45, 2.75) is 51.0 Å². The van der Waals surface area contributed by atoms with Crippen LogP contribution in [-0.4, -0.2) is 61.4 Å². The lowest BCUT2D eigenvalue weighted by molar-refractivity contribution is -0.126. The predicted octanol–water partition coefficient (Wildman–Crippen LogP) is 4.43. The highest BCUT2D eigenvalue weighted by atomic mass is 32.2. The van der Waals surface area contributed by atoms with Crippen LogP contribution in [0.3, 0.4) is 0 Å². The number of hydrogen-bond acceptors (Lipinski definition) is 6. The summed E-state index contributed by atoms with van der Waals surface area (Å²) < 4.78 is 33.9. The third kappa shape index (κ3) is 6.54. The Kier molecular flexibility index (Phi) is 8.83. The van der Waals surface area contributed by atoms with E-state index in [-0.39, 0.29) is 22.5 Å². The molecule has 3 heterocycles. The maximum absolute atomic E-state index is 13.5. The fraction of sp³-hybridized carbons (Fsp3) is 0.419. The molecule has 40 heavy (non-hydrogen) atoms. The summed E-state index contributed by atoms with van der Waals surface area (Å²) in [4.78, 5) is 15.4. The van der Waals surface area contributed by atoms with Gasteiger partial charge >= 0.3 is 0 Å². The van der Waals surface area contributed by atoms with Crippen molar-refractivity contribution in [1.29, 1.82) is 0 Å². The van der Waals surface area contributed by atoms with Crippen LogP contribution in [0.15, 0.2) is 57.9 Å². The van der Waals surface area contributed by atoms with Gasteiger partial charge in [0.25, 0.3) is 0 Å². The number of rotatable bonds is 9. The molecule has 3 aromatic rings. The first-order valence-corrected chi connectivity index (χ1v) is 15.5. The number of aryl methyl sites for hydroxylation is 2. The molecular weight excluding hydrogens is 524 g/mol. The molecule has 0 saturated carbocycles. The molecular formula is C31H38N4O4S. The molecule has 1 aromatic heterocycles. The molecule has 2 aromatic carbocycles. The van der Waals surface area contributed by atoms with Gasteiger partial charge in [0.2, 0.25) is 15.9 Å². The second kappa shape index (κ2) is 12.5. The SMILES string of the molecule is Cc1ccc(/C=C/c2onc(C)c2S(=O)(=O)N2CCC(C(=O)NCCCN3CCc4ccccc4C3)CC2)cc1. The van der Waals surface area contributed by atoms with Crippen LogP contribution in [-0.2, 0) is 27.8 Å². The standard InChI is InChI=1S/C31H38N4O4S/c1-23-8-10-25(11-9-23)12-13-29-30(24(2)33-39-29)40(37,38)35-20-15-27(16-21-35)31(36)32-17-5-18-34-19-14-26-6-3-4-7-28(26)22-34/h3-4,6-13,27H,5,14-22H2,1-2H3,(H,32,36)/b13-12+. The smallest absolute Gasteiger partial charge is 0.248 e. The van der Waals surface area contributed by atoms with Gasteiger partial charge < -0.3 is 9.84 Å². The van der Waals surface area contributed by atoms with E-state index in [1.165, 1.54) is 15.4 Å². The Balaban J connectivity index is 1.10. The quantitative estimate of drug-likeness (QED) is 0.388. The van der Waals surface area contributed by atoms with E-state index in [2.05, 4.69) is 39.6 Å². The number of nitrogens with zero attached hydrogens (tertiary/aromatic N) is 3. The molecule has 0 aliphatic carbocycles. The zero-order valence-electron chi connectivity index (χ0n) is 23.3. The Morgan fingerprint density at radius 1 is 1.02 bits per heavy atom. The number of sulfonamides is 1. The maximum atomic E-state index is 13.5. The van der Waals surface area contributed by atoms with Crippen LogP contribution in [0.1, 0.15) is 53.0 Å². The van der Waals surface area contributed by atoms with Crippen LogP contribution in [0.25, 0.3) is 12.2 Å². The van der Waals surface area contributed by atoms with Crippen LogP contribution >= 0.6 is 0 Å². The zero-order valence-corrected chi connectivity index (χ0v) is 24.1. The number of hydrogen-bond donors (Lipinski definition) is 1. The number of fused-ring (bicyclic) bond motifs is 1. The van der Waals surface area contributed by atoms with Crippen LogP contribution < -0.4 is 5.32 Å². The topological polar surface area (TPSA) is 95.8 Å². The van der Waals surface area contributed by atoms with Gasteiger partial charge in [0.05, 0.1) is 0 Å². The Morgan fingerprint density at radius 3 is 2.50 bits per heavy atom. The summed E-state index contributed by atoms with van der Waals surface area (Å²) >= 11 is 0. The van der Waals surface area contributed by atoms with Gasteiger partial charge in [0.1, 0.15) is 5.69 Å². The molecule has 5 rings (SSSR count). The second-order valence-electron chi connectivity index (χ2n) is 10.8. The molecule has 0 atom stereocenters. The lowest BCUT2D eigenvalue weighted by Gasteiger charge is -2.30. The highest BCUT2D eigenvalue weighted by Gasteiger charge is 2.35. The lowest BCUT2D eigenvalue weighted by atomic mass is 9.97. The van der Waals surface area contributed by atoms with E-state index in [0.29, 0.717) is 38.2 Å². The predicted molar refractivity (Wildman–Crippen MR) is 156 cm³/mol. The maximum Gasteiger partial charge on any atom is 0.248 e. The van der Waals surface area contributed by atoms with Gasteiger partial charge in [-0.3, -0.25) is 9.69 Å². The first kappa shape index (κ1) is 28.3. The summed E-state index contributed by atoms with van der Waals surface area (Å²) in [5, 5.41) is 7.01. The summed E-state index contributed by atoms with van der Waals surface area (Å²) in [7, 11) is -3.81. The fourth-order valence-corrected chi connectivity index (χ4v) is 7.26. The van der Waals surface area contributed by atoms with Gasteiger partial charge in [0, 0.05) is 45.2 Å². The molecule has 1 fully saturated rings. The Labute approximate surface area is 237 Å². The normalized spacial score (nSPS) is 17.2. The number of nitrogens with one attached hydrogen (secondary N) is 1. The molecule has 0 spiro atoms. The minimum Gasteiger partial charge on any atom is -0.356 e. The number of piperidine rings is 1. The van der Waals surface area contributed by atoms with Crippen molar-refractivity contribution in [2.24, 2.45) is 5.92 Å². The largest absolute Gasteiger partial charge is 0.356 e. The highest BCUT2D eigenvalue weighted by Crippen LogP contribution is 2.29. The third-order valence-corrected chi connectivity index (χ3v) is 9.98. The Bertz CT molecular complexity index is 1450. The highest BCUT2D eigenvalue weighted by molar-refractivity contribution is 7.89. The molecule has 1 N–H and O–H groups in total. The first-order valence-electron chi connectivity index (χ1n) is 14.1. The minimum atomic E-state index is -3.81. The van der Waals surface area contributed by atoms with Crippen molar-refractivity contribution >= 4 is 28.1 Å². The molecule has 1 amide bonds. The molecule has 1 saturated heterocycles. The molecule has 8 nitrogen and oxygen atoms in total. The van der Waals surface area contributed by atoms with E-state index < -0.39 is 10.0 Å². The Hall–Kier alpha value is -3.27. The number of amides is 1. The van der Waals surface area contributed by atoms with Crippen molar-refractivity contribution in [3.05, 3.63) is 82.2 Å². The molecule has 212 valence electrons. The monoisotopic (exact) mass is 562 g/mol. The second-order valence-corrected chi connectivity index (χ2v) is 12.7. The molecule has 0 unspecified atom stereocenters. The van der Waals surface area contributed by atoms with Crippen molar-refractivity contribution in [3.63, 3.8) is 0 Å². The molecule has 2 aliphatic rings. The molecule has 0 radical (unpaired) electrons. The van der Waals surface area contributed by atoms with E-state index in [1.54, 1.807) is 13.0 Å².